The first-order chi connectivity index (χ1) is 15.3. The van der Waals surface area contributed by atoms with Crippen LogP contribution in [0, 0.1) is 0 Å². The lowest BCUT2D eigenvalue weighted by Gasteiger charge is -2.32. The molecule has 1 aromatic carbocycles. The minimum atomic E-state index is -0.902. The Morgan fingerprint density at radius 2 is 1.84 bits per heavy atom. The second kappa shape index (κ2) is 9.32. The molecule has 0 aliphatic carbocycles. The van der Waals surface area contributed by atoms with Gasteiger partial charge in [0.2, 0.25) is 0 Å². The summed E-state index contributed by atoms with van der Waals surface area (Å²) in [5.41, 5.74) is 2.43. The largest absolute Gasteiger partial charge is 0.491 e. The van der Waals surface area contributed by atoms with Crippen molar-refractivity contribution in [1.29, 1.82) is 0 Å². The summed E-state index contributed by atoms with van der Waals surface area (Å²) >= 11 is 3.38. The van der Waals surface area contributed by atoms with E-state index in [-0.39, 0.29) is 24.5 Å². The molecule has 1 fully saturated rings. The molecular weight excluding hydrogens is 474 g/mol. The van der Waals surface area contributed by atoms with E-state index in [0.717, 1.165) is 29.5 Å². The predicted molar refractivity (Wildman–Crippen MR) is 125 cm³/mol. The number of piperidine rings is 1. The molecule has 1 amide bonds. The average Bonchev–Trinajstić information content (AvgIpc) is 3.10. The number of benzene rings is 1. The molecule has 3 aromatic rings. The summed E-state index contributed by atoms with van der Waals surface area (Å²) in [7, 11) is 0. The molecule has 1 aliphatic heterocycles. The number of carbonyl (C=O) groups is 2. The lowest BCUT2D eigenvalue weighted by molar-refractivity contribution is -0.137. The SMILES string of the molecule is CC(C)Oc1ccc(C(=O)N2CCC(c3cn(CC(=O)O)c4nc(Br)ccc34)CC2)cc1. The monoisotopic (exact) mass is 499 g/mol. The summed E-state index contributed by atoms with van der Waals surface area (Å²) in [6.45, 7) is 5.12. The zero-order valence-electron chi connectivity index (χ0n) is 18.1. The van der Waals surface area contributed by atoms with Crippen molar-refractivity contribution in [2.75, 3.05) is 13.1 Å². The molecule has 0 radical (unpaired) electrons. The molecule has 2 aromatic heterocycles. The van der Waals surface area contributed by atoms with Crippen LogP contribution in [0.4, 0.5) is 0 Å². The highest BCUT2D eigenvalue weighted by molar-refractivity contribution is 9.10. The molecule has 0 saturated carbocycles. The van der Waals surface area contributed by atoms with Gasteiger partial charge in [0, 0.05) is 30.2 Å². The van der Waals surface area contributed by atoms with E-state index in [1.807, 2.05) is 61.3 Å². The molecule has 1 aliphatic rings. The topological polar surface area (TPSA) is 84.7 Å². The Morgan fingerprint density at radius 3 is 2.47 bits per heavy atom. The highest BCUT2D eigenvalue weighted by atomic mass is 79.9. The van der Waals surface area contributed by atoms with E-state index in [1.165, 1.54) is 0 Å². The van der Waals surface area contributed by atoms with Crippen molar-refractivity contribution in [3.8, 4) is 5.75 Å². The standard InChI is InChI=1S/C24H26BrN3O4/c1-15(2)32-18-5-3-17(4-6-18)24(31)27-11-9-16(10-12-27)20-13-28(14-22(29)30)23-19(20)7-8-21(25)26-23/h3-8,13,15-16H,9-12,14H2,1-2H3,(H,29,30). The van der Waals surface area contributed by atoms with E-state index in [2.05, 4.69) is 20.9 Å². The van der Waals surface area contributed by atoms with Gasteiger partial charge in [-0.05, 0) is 90.5 Å². The minimum Gasteiger partial charge on any atom is -0.491 e. The highest BCUT2D eigenvalue weighted by Crippen LogP contribution is 2.35. The number of rotatable bonds is 6. The third-order valence-corrected chi connectivity index (χ3v) is 6.16. The van der Waals surface area contributed by atoms with Crippen LogP contribution in [-0.2, 0) is 11.3 Å². The number of amides is 1. The molecule has 168 valence electrons. The maximum absolute atomic E-state index is 13.0. The van der Waals surface area contributed by atoms with Crippen molar-refractivity contribution in [3.63, 3.8) is 0 Å². The zero-order valence-corrected chi connectivity index (χ0v) is 19.7. The summed E-state index contributed by atoms with van der Waals surface area (Å²) in [5, 5.41) is 10.2. The molecule has 8 heteroatoms. The van der Waals surface area contributed by atoms with Crippen molar-refractivity contribution in [2.45, 2.75) is 45.3 Å². The quantitative estimate of drug-likeness (QED) is 0.497. The Kier molecular flexibility index (Phi) is 6.50. The summed E-state index contributed by atoms with van der Waals surface area (Å²) < 4.78 is 8.02. The number of halogens is 1. The number of aliphatic carboxylic acids is 1. The van der Waals surface area contributed by atoms with Crippen molar-refractivity contribution in [3.05, 3.63) is 58.3 Å². The van der Waals surface area contributed by atoms with Gasteiger partial charge in [-0.3, -0.25) is 9.59 Å². The normalized spacial score (nSPS) is 14.8. The van der Waals surface area contributed by atoms with Crippen molar-refractivity contribution in [1.82, 2.24) is 14.5 Å². The second-order valence-corrected chi connectivity index (χ2v) is 9.18. The predicted octanol–water partition coefficient (Wildman–Crippen LogP) is 4.69. The first-order valence-corrected chi connectivity index (χ1v) is 11.5. The van der Waals surface area contributed by atoms with Crippen LogP contribution in [0.2, 0.25) is 0 Å². The molecule has 0 unspecified atom stereocenters. The lowest BCUT2D eigenvalue weighted by atomic mass is 9.89. The zero-order chi connectivity index (χ0) is 22.8. The molecule has 0 spiro atoms. The number of aromatic nitrogens is 2. The van der Waals surface area contributed by atoms with Gasteiger partial charge in [0.05, 0.1) is 6.10 Å². The average molecular weight is 500 g/mol. The van der Waals surface area contributed by atoms with Crippen LogP contribution in [0.25, 0.3) is 11.0 Å². The van der Waals surface area contributed by atoms with Crippen molar-refractivity contribution < 1.29 is 19.4 Å². The molecule has 7 nitrogen and oxygen atoms in total. The van der Waals surface area contributed by atoms with Crippen LogP contribution in [0.5, 0.6) is 5.75 Å². The molecule has 3 heterocycles. The van der Waals surface area contributed by atoms with Gasteiger partial charge in [-0.1, -0.05) is 0 Å². The number of ether oxygens (including phenoxy) is 1. The Bertz CT molecular complexity index is 1130. The Morgan fingerprint density at radius 1 is 1.16 bits per heavy atom. The van der Waals surface area contributed by atoms with Gasteiger partial charge in [0.25, 0.3) is 5.91 Å². The van der Waals surface area contributed by atoms with E-state index in [1.54, 1.807) is 4.57 Å². The molecule has 32 heavy (non-hydrogen) atoms. The van der Waals surface area contributed by atoms with Gasteiger partial charge in [0.1, 0.15) is 22.5 Å². The van der Waals surface area contributed by atoms with E-state index in [4.69, 9.17) is 4.74 Å². The molecular formula is C24H26BrN3O4. The van der Waals surface area contributed by atoms with Crippen LogP contribution in [0.1, 0.15) is 48.5 Å². The number of carboxylic acids is 1. The molecule has 1 saturated heterocycles. The van der Waals surface area contributed by atoms with Crippen LogP contribution in [0.15, 0.2) is 47.2 Å². The van der Waals surface area contributed by atoms with Gasteiger partial charge < -0.3 is 19.3 Å². The summed E-state index contributed by atoms with van der Waals surface area (Å²) in [4.78, 5) is 30.6. The van der Waals surface area contributed by atoms with Gasteiger partial charge in [-0.25, -0.2) is 4.98 Å². The fraction of sp³-hybridized carbons (Fsp3) is 0.375. The number of carbonyl (C=O) groups excluding carboxylic acids is 1. The summed E-state index contributed by atoms with van der Waals surface area (Å²) in [6, 6.07) is 11.2. The second-order valence-electron chi connectivity index (χ2n) is 8.37. The summed E-state index contributed by atoms with van der Waals surface area (Å²) in [6.07, 6.45) is 3.65. The van der Waals surface area contributed by atoms with Crippen LogP contribution >= 0.6 is 15.9 Å². The molecule has 0 bridgehead atoms. The number of likely N-dealkylation sites (tertiary alicyclic amines) is 1. The molecule has 1 N–H and O–H groups in total. The van der Waals surface area contributed by atoms with E-state index in [9.17, 15) is 14.7 Å². The fourth-order valence-corrected chi connectivity index (χ4v) is 4.58. The smallest absolute Gasteiger partial charge is 0.323 e. The molecule has 4 rings (SSSR count). The van der Waals surface area contributed by atoms with E-state index >= 15 is 0 Å². The number of nitrogens with zero attached hydrogens (tertiary/aromatic N) is 3. The highest BCUT2D eigenvalue weighted by Gasteiger charge is 2.27. The van der Waals surface area contributed by atoms with Crippen LogP contribution in [-0.4, -0.2) is 50.6 Å². The number of hydrogen-bond acceptors (Lipinski definition) is 4. The van der Waals surface area contributed by atoms with E-state index in [0.29, 0.717) is 28.9 Å². The summed E-state index contributed by atoms with van der Waals surface area (Å²) in [5.74, 6) is 0.133. The molecule has 0 atom stereocenters. The van der Waals surface area contributed by atoms with Crippen molar-refractivity contribution in [2.24, 2.45) is 0 Å². The van der Waals surface area contributed by atoms with Crippen LogP contribution in [0.3, 0.4) is 0 Å². The fourth-order valence-electron chi connectivity index (χ4n) is 4.28. The van der Waals surface area contributed by atoms with Crippen molar-refractivity contribution >= 4 is 38.8 Å². The Labute approximate surface area is 195 Å². The number of carboxylic acid groups (broad SMARTS) is 1. The Balaban J connectivity index is 1.47. The number of hydrogen-bond donors (Lipinski definition) is 1. The first-order valence-electron chi connectivity index (χ1n) is 10.7. The van der Waals surface area contributed by atoms with Gasteiger partial charge in [-0.15, -0.1) is 0 Å². The third kappa shape index (κ3) is 4.80. The van der Waals surface area contributed by atoms with Gasteiger partial charge in [-0.2, -0.15) is 0 Å². The van der Waals surface area contributed by atoms with E-state index < -0.39 is 5.97 Å². The minimum absolute atomic E-state index is 0.0263. The van der Waals surface area contributed by atoms with Crippen LogP contribution < -0.4 is 4.74 Å². The van der Waals surface area contributed by atoms with Gasteiger partial charge >= 0.3 is 5.97 Å². The lowest BCUT2D eigenvalue weighted by Crippen LogP contribution is -2.37. The maximum atomic E-state index is 13.0. The number of fused-ring (bicyclic) bond motifs is 1. The van der Waals surface area contributed by atoms with Gasteiger partial charge in [0.15, 0.2) is 0 Å². The Hall–Kier alpha value is -2.87. The maximum Gasteiger partial charge on any atom is 0.323 e. The third-order valence-electron chi connectivity index (χ3n) is 5.72. The number of pyridine rings is 1. The first kappa shape index (κ1) is 22.3.